The molecule has 0 aliphatic carbocycles. The van der Waals surface area contributed by atoms with Crippen molar-refractivity contribution >= 4 is 21.8 Å². The molecule has 3 heteroatoms. The summed E-state index contributed by atoms with van der Waals surface area (Å²) in [5.74, 6) is 0. The SMILES string of the molecule is Cc1ccnc2c1ccc1c(C)ccnc12.[Eu]. The average Bonchev–Trinajstić information content (AvgIpc) is 2.30. The van der Waals surface area contributed by atoms with Gasteiger partial charge in [0.25, 0.3) is 0 Å². The van der Waals surface area contributed by atoms with E-state index >= 15 is 0 Å². The minimum Gasteiger partial charge on any atom is -0.254 e. The van der Waals surface area contributed by atoms with Crippen LogP contribution in [0.25, 0.3) is 21.8 Å². The minimum absolute atomic E-state index is 0. The third-order valence-corrected chi connectivity index (χ3v) is 3.06. The molecule has 2 aromatic heterocycles. The molecule has 0 saturated heterocycles. The third kappa shape index (κ3) is 2.16. The van der Waals surface area contributed by atoms with Crippen molar-refractivity contribution in [2.24, 2.45) is 0 Å². The van der Waals surface area contributed by atoms with Crippen LogP contribution < -0.4 is 0 Å². The van der Waals surface area contributed by atoms with Gasteiger partial charge in [-0.25, -0.2) is 0 Å². The van der Waals surface area contributed by atoms with Gasteiger partial charge < -0.3 is 0 Å². The van der Waals surface area contributed by atoms with Gasteiger partial charge in [0.05, 0.1) is 11.0 Å². The summed E-state index contributed by atoms with van der Waals surface area (Å²) in [6.45, 7) is 4.21. The van der Waals surface area contributed by atoms with Gasteiger partial charge in [-0.2, -0.15) is 0 Å². The molecule has 17 heavy (non-hydrogen) atoms. The van der Waals surface area contributed by atoms with Crippen molar-refractivity contribution in [3.63, 3.8) is 0 Å². The molecule has 0 aliphatic heterocycles. The van der Waals surface area contributed by atoms with E-state index in [0.717, 1.165) is 11.0 Å². The first-order valence-corrected chi connectivity index (χ1v) is 5.37. The van der Waals surface area contributed by atoms with Crippen LogP contribution in [0.1, 0.15) is 11.1 Å². The monoisotopic (exact) mass is 361 g/mol. The van der Waals surface area contributed by atoms with Gasteiger partial charge in [-0.1, -0.05) is 12.1 Å². The first-order chi connectivity index (χ1) is 7.77. The topological polar surface area (TPSA) is 25.8 Å². The van der Waals surface area contributed by atoms with Gasteiger partial charge in [-0.15, -0.1) is 0 Å². The van der Waals surface area contributed by atoms with E-state index in [0.29, 0.717) is 0 Å². The summed E-state index contributed by atoms with van der Waals surface area (Å²) in [5.41, 5.74) is 4.49. The van der Waals surface area contributed by atoms with Gasteiger partial charge in [-0.3, -0.25) is 9.97 Å². The molecule has 0 fully saturated rings. The Bertz CT molecular complexity index is 631. The maximum absolute atomic E-state index is 4.45. The number of nitrogens with zero attached hydrogens (tertiary/aromatic N) is 2. The van der Waals surface area contributed by atoms with Gasteiger partial charge in [0, 0.05) is 72.5 Å². The zero-order valence-corrected chi connectivity index (χ0v) is 12.2. The summed E-state index contributed by atoms with van der Waals surface area (Å²) >= 11 is 0. The van der Waals surface area contributed by atoms with Crippen molar-refractivity contribution in [3.8, 4) is 0 Å². The molecule has 3 aromatic rings. The minimum atomic E-state index is 0. The van der Waals surface area contributed by atoms with Crippen LogP contribution in [0.3, 0.4) is 0 Å². The predicted octanol–water partition coefficient (Wildman–Crippen LogP) is 3.40. The van der Waals surface area contributed by atoms with Crippen LogP contribution in [0.5, 0.6) is 0 Å². The van der Waals surface area contributed by atoms with E-state index in [1.807, 2.05) is 24.5 Å². The van der Waals surface area contributed by atoms with Crippen LogP contribution in [0, 0.1) is 63.2 Å². The molecule has 0 amide bonds. The second-order valence-corrected chi connectivity index (χ2v) is 4.11. The van der Waals surface area contributed by atoms with Crippen LogP contribution in [0.2, 0.25) is 0 Å². The molecule has 1 aromatic carbocycles. The zero-order chi connectivity index (χ0) is 11.1. The summed E-state index contributed by atoms with van der Waals surface area (Å²) in [6, 6.07) is 8.33. The van der Waals surface area contributed by atoms with E-state index < -0.39 is 0 Å². The number of hydrogen-bond donors (Lipinski definition) is 0. The van der Waals surface area contributed by atoms with Crippen molar-refractivity contribution in [3.05, 3.63) is 47.8 Å². The summed E-state index contributed by atoms with van der Waals surface area (Å²) in [4.78, 5) is 8.90. The quantitative estimate of drug-likeness (QED) is 0.575. The number of benzene rings is 1. The van der Waals surface area contributed by atoms with Crippen molar-refractivity contribution in [1.29, 1.82) is 0 Å². The number of aryl methyl sites for hydroxylation is 2. The molecule has 85 valence electrons. The van der Waals surface area contributed by atoms with Gasteiger partial charge in [0.2, 0.25) is 0 Å². The summed E-state index contributed by atoms with van der Waals surface area (Å²) in [6.07, 6.45) is 3.70. The fraction of sp³-hybridized carbons (Fsp3) is 0.143. The van der Waals surface area contributed by atoms with Crippen molar-refractivity contribution < 1.29 is 49.4 Å². The Morgan fingerprint density at radius 3 is 1.53 bits per heavy atom. The molecular weight excluding hydrogens is 348 g/mol. The molecule has 0 bridgehead atoms. The van der Waals surface area contributed by atoms with Gasteiger partial charge in [0.15, 0.2) is 0 Å². The first-order valence-electron chi connectivity index (χ1n) is 5.37. The Balaban J connectivity index is 0.00000108. The number of hydrogen-bond acceptors (Lipinski definition) is 2. The van der Waals surface area contributed by atoms with Crippen molar-refractivity contribution in [2.75, 3.05) is 0 Å². The van der Waals surface area contributed by atoms with Gasteiger partial charge in [-0.05, 0) is 37.1 Å². The molecule has 0 unspecified atom stereocenters. The number of aromatic nitrogens is 2. The third-order valence-electron chi connectivity index (χ3n) is 3.06. The number of fused-ring (bicyclic) bond motifs is 3. The molecule has 0 atom stereocenters. The largest absolute Gasteiger partial charge is 0.254 e. The summed E-state index contributed by atoms with van der Waals surface area (Å²) in [7, 11) is 0. The van der Waals surface area contributed by atoms with Crippen LogP contribution >= 0.6 is 0 Å². The van der Waals surface area contributed by atoms with E-state index in [1.165, 1.54) is 21.9 Å². The fourth-order valence-corrected chi connectivity index (χ4v) is 2.10. The fourth-order valence-electron chi connectivity index (χ4n) is 2.10. The first kappa shape index (κ1) is 13.1. The molecule has 1 radical (unpaired) electrons. The van der Waals surface area contributed by atoms with E-state index in [-0.39, 0.29) is 49.4 Å². The standard InChI is InChI=1S/C14H12N2.Eu/c1-9-5-7-15-13-11(9)3-4-12-10(2)6-8-16-14(12)13;/h3-8H,1-2H3;. The molecule has 2 nitrogen and oxygen atoms in total. The Hall–Kier alpha value is -0.376. The molecule has 0 N–H and O–H groups in total. The maximum atomic E-state index is 4.45. The Labute approximate surface area is 141 Å². The Kier molecular flexibility index (Phi) is 3.91. The van der Waals surface area contributed by atoms with E-state index in [9.17, 15) is 0 Å². The molecule has 0 saturated carbocycles. The van der Waals surface area contributed by atoms with Crippen molar-refractivity contribution in [1.82, 2.24) is 9.97 Å². The molecule has 3 rings (SSSR count). The predicted molar refractivity (Wildman–Crippen MR) is 66.5 cm³/mol. The van der Waals surface area contributed by atoms with E-state index in [1.54, 1.807) is 0 Å². The van der Waals surface area contributed by atoms with Crippen LogP contribution in [0.15, 0.2) is 36.7 Å². The summed E-state index contributed by atoms with van der Waals surface area (Å²) < 4.78 is 0. The molecular formula is C14H12EuN2. The smallest absolute Gasteiger partial charge is 0.0967 e. The van der Waals surface area contributed by atoms with Crippen molar-refractivity contribution in [2.45, 2.75) is 13.8 Å². The zero-order valence-electron chi connectivity index (χ0n) is 9.74. The van der Waals surface area contributed by atoms with Gasteiger partial charge >= 0.3 is 0 Å². The number of pyridine rings is 2. The second-order valence-electron chi connectivity index (χ2n) is 4.11. The van der Waals surface area contributed by atoms with Crippen LogP contribution in [0.4, 0.5) is 0 Å². The average molecular weight is 360 g/mol. The molecule has 2 heterocycles. The molecule has 0 spiro atoms. The Morgan fingerprint density at radius 1 is 0.706 bits per heavy atom. The maximum Gasteiger partial charge on any atom is 0.0967 e. The normalized spacial score (nSPS) is 10.5. The summed E-state index contributed by atoms with van der Waals surface area (Å²) in [5, 5.41) is 2.38. The Morgan fingerprint density at radius 2 is 1.12 bits per heavy atom. The van der Waals surface area contributed by atoms with Crippen LogP contribution in [-0.4, -0.2) is 9.97 Å². The number of rotatable bonds is 0. The van der Waals surface area contributed by atoms with E-state index in [4.69, 9.17) is 0 Å². The van der Waals surface area contributed by atoms with Crippen LogP contribution in [-0.2, 0) is 0 Å². The van der Waals surface area contributed by atoms with E-state index in [2.05, 4.69) is 35.9 Å². The molecule has 0 aliphatic rings. The second kappa shape index (κ2) is 5.09. The van der Waals surface area contributed by atoms with Gasteiger partial charge in [0.1, 0.15) is 0 Å².